The molecule has 0 atom stereocenters. The molecule has 2 heteroatoms. The Morgan fingerprint density at radius 3 is 2.35 bits per heavy atom. The van der Waals surface area contributed by atoms with Gasteiger partial charge in [0.2, 0.25) is 0 Å². The van der Waals surface area contributed by atoms with Gasteiger partial charge < -0.3 is 4.74 Å². The zero-order chi connectivity index (χ0) is 14.5. The molecule has 0 N–H and O–H groups in total. The summed E-state index contributed by atoms with van der Waals surface area (Å²) in [6, 6.07) is 9.09. The standard InChI is InChI=1S/C18H24O2/c1-2-3-4-5-6-7-8-9-13-16-20-18(19)17-14-11-10-12-15-17/h5-8,10-12,14-15H,2-4,9,13,16H2,1H3/b6-5+,8-7-. The average Bonchev–Trinajstić information content (AvgIpc) is 2.50. The fourth-order valence-electron chi connectivity index (χ4n) is 1.70. The Labute approximate surface area is 122 Å². The zero-order valence-electron chi connectivity index (χ0n) is 12.3. The minimum Gasteiger partial charge on any atom is -0.462 e. The van der Waals surface area contributed by atoms with Crippen LogP contribution in [-0.4, -0.2) is 12.6 Å². The Morgan fingerprint density at radius 1 is 1.05 bits per heavy atom. The second-order valence-electron chi connectivity index (χ2n) is 4.64. The van der Waals surface area contributed by atoms with Crippen LogP contribution < -0.4 is 0 Å². The molecule has 0 aliphatic rings. The molecule has 20 heavy (non-hydrogen) atoms. The third kappa shape index (κ3) is 7.57. The zero-order valence-corrected chi connectivity index (χ0v) is 12.3. The van der Waals surface area contributed by atoms with Crippen molar-refractivity contribution in [1.29, 1.82) is 0 Å². The highest BCUT2D eigenvalue weighted by Gasteiger charge is 2.04. The van der Waals surface area contributed by atoms with Gasteiger partial charge in [0.05, 0.1) is 12.2 Å². The Balaban J connectivity index is 2.06. The Bertz CT molecular complexity index is 418. The lowest BCUT2D eigenvalue weighted by Gasteiger charge is -2.03. The van der Waals surface area contributed by atoms with E-state index >= 15 is 0 Å². The van der Waals surface area contributed by atoms with Crippen molar-refractivity contribution in [3.63, 3.8) is 0 Å². The third-order valence-electron chi connectivity index (χ3n) is 2.87. The number of benzene rings is 1. The van der Waals surface area contributed by atoms with Gasteiger partial charge in [0, 0.05) is 0 Å². The van der Waals surface area contributed by atoms with Gasteiger partial charge >= 0.3 is 5.97 Å². The molecule has 0 radical (unpaired) electrons. The van der Waals surface area contributed by atoms with Gasteiger partial charge in [-0.15, -0.1) is 0 Å². The van der Waals surface area contributed by atoms with Crippen molar-refractivity contribution in [2.24, 2.45) is 0 Å². The highest BCUT2D eigenvalue weighted by molar-refractivity contribution is 5.89. The summed E-state index contributed by atoms with van der Waals surface area (Å²) < 4.78 is 5.20. The fraction of sp³-hybridized carbons (Fsp3) is 0.389. The molecule has 0 aliphatic heterocycles. The molecule has 0 spiro atoms. The summed E-state index contributed by atoms with van der Waals surface area (Å²) >= 11 is 0. The first kappa shape index (κ1) is 16.2. The maximum Gasteiger partial charge on any atom is 0.338 e. The number of carbonyl (C=O) groups excluding carboxylic acids is 1. The van der Waals surface area contributed by atoms with E-state index < -0.39 is 0 Å². The second-order valence-corrected chi connectivity index (χ2v) is 4.64. The SMILES string of the molecule is CCCC/C=C/C=C\CCCOC(=O)c1ccccc1. The summed E-state index contributed by atoms with van der Waals surface area (Å²) in [5, 5.41) is 0. The van der Waals surface area contributed by atoms with Crippen LogP contribution in [0.5, 0.6) is 0 Å². The van der Waals surface area contributed by atoms with Gasteiger partial charge in [-0.3, -0.25) is 0 Å². The van der Waals surface area contributed by atoms with E-state index in [0.717, 1.165) is 19.3 Å². The maximum absolute atomic E-state index is 11.6. The lowest BCUT2D eigenvalue weighted by Crippen LogP contribution is -2.05. The normalized spacial score (nSPS) is 11.2. The highest BCUT2D eigenvalue weighted by atomic mass is 16.5. The van der Waals surface area contributed by atoms with Gasteiger partial charge in [-0.1, -0.05) is 62.3 Å². The molecular formula is C18H24O2. The number of esters is 1. The summed E-state index contributed by atoms with van der Waals surface area (Å²) in [6.07, 6.45) is 13.9. The predicted octanol–water partition coefficient (Wildman–Crippen LogP) is 4.93. The lowest BCUT2D eigenvalue weighted by atomic mass is 10.2. The average molecular weight is 272 g/mol. The van der Waals surface area contributed by atoms with Crippen LogP contribution in [0.15, 0.2) is 54.6 Å². The largest absolute Gasteiger partial charge is 0.462 e. The lowest BCUT2D eigenvalue weighted by molar-refractivity contribution is 0.0501. The van der Waals surface area contributed by atoms with Gasteiger partial charge in [0.25, 0.3) is 0 Å². The Kier molecular flexibility index (Phi) is 8.95. The number of rotatable bonds is 9. The number of ether oxygens (including phenoxy) is 1. The number of hydrogen-bond donors (Lipinski definition) is 0. The van der Waals surface area contributed by atoms with Crippen molar-refractivity contribution in [2.75, 3.05) is 6.61 Å². The van der Waals surface area contributed by atoms with Crippen molar-refractivity contribution in [2.45, 2.75) is 39.0 Å². The summed E-state index contributed by atoms with van der Waals surface area (Å²) in [6.45, 7) is 2.66. The van der Waals surface area contributed by atoms with Crippen molar-refractivity contribution >= 4 is 5.97 Å². The third-order valence-corrected chi connectivity index (χ3v) is 2.87. The van der Waals surface area contributed by atoms with E-state index in [-0.39, 0.29) is 5.97 Å². The van der Waals surface area contributed by atoms with Crippen LogP contribution in [0, 0.1) is 0 Å². The van der Waals surface area contributed by atoms with Crippen LogP contribution in [0.2, 0.25) is 0 Å². The van der Waals surface area contributed by atoms with E-state index in [9.17, 15) is 4.79 Å². The minimum atomic E-state index is -0.242. The van der Waals surface area contributed by atoms with Crippen LogP contribution in [0.1, 0.15) is 49.4 Å². The van der Waals surface area contributed by atoms with Crippen molar-refractivity contribution in [3.8, 4) is 0 Å². The molecule has 0 saturated heterocycles. The molecule has 2 nitrogen and oxygen atoms in total. The van der Waals surface area contributed by atoms with E-state index in [1.165, 1.54) is 12.8 Å². The fourth-order valence-corrected chi connectivity index (χ4v) is 1.70. The molecular weight excluding hydrogens is 248 g/mol. The van der Waals surface area contributed by atoms with Crippen molar-refractivity contribution < 1.29 is 9.53 Å². The van der Waals surface area contributed by atoms with Crippen LogP contribution >= 0.6 is 0 Å². The second kappa shape index (κ2) is 11.0. The highest BCUT2D eigenvalue weighted by Crippen LogP contribution is 2.02. The first-order chi connectivity index (χ1) is 9.84. The summed E-state index contributed by atoms with van der Waals surface area (Å²) in [5.74, 6) is -0.242. The summed E-state index contributed by atoms with van der Waals surface area (Å²) in [4.78, 5) is 11.6. The van der Waals surface area contributed by atoms with Gasteiger partial charge in [-0.25, -0.2) is 4.79 Å². The molecule has 0 aromatic heterocycles. The Morgan fingerprint density at radius 2 is 1.70 bits per heavy atom. The number of unbranched alkanes of at least 4 members (excludes halogenated alkanes) is 3. The van der Waals surface area contributed by atoms with Crippen LogP contribution in [0.25, 0.3) is 0 Å². The molecule has 0 bridgehead atoms. The van der Waals surface area contributed by atoms with E-state index in [0.29, 0.717) is 12.2 Å². The van der Waals surface area contributed by atoms with Crippen LogP contribution in [0.4, 0.5) is 0 Å². The van der Waals surface area contributed by atoms with Crippen LogP contribution in [-0.2, 0) is 4.74 Å². The smallest absolute Gasteiger partial charge is 0.338 e. The molecule has 0 heterocycles. The summed E-state index contributed by atoms with van der Waals surface area (Å²) in [5.41, 5.74) is 0.613. The molecule has 1 aromatic rings. The summed E-state index contributed by atoms with van der Waals surface area (Å²) in [7, 11) is 0. The monoisotopic (exact) mass is 272 g/mol. The van der Waals surface area contributed by atoms with Crippen molar-refractivity contribution in [3.05, 3.63) is 60.2 Å². The molecule has 0 saturated carbocycles. The van der Waals surface area contributed by atoms with E-state index in [2.05, 4.69) is 31.2 Å². The molecule has 0 unspecified atom stereocenters. The van der Waals surface area contributed by atoms with Crippen molar-refractivity contribution in [1.82, 2.24) is 0 Å². The predicted molar refractivity (Wildman–Crippen MR) is 83.8 cm³/mol. The molecule has 0 amide bonds. The number of hydrogen-bond acceptors (Lipinski definition) is 2. The first-order valence-corrected chi connectivity index (χ1v) is 7.38. The van der Waals surface area contributed by atoms with E-state index in [1.54, 1.807) is 12.1 Å². The topological polar surface area (TPSA) is 26.3 Å². The van der Waals surface area contributed by atoms with Gasteiger partial charge in [0.15, 0.2) is 0 Å². The molecule has 0 fully saturated rings. The van der Waals surface area contributed by atoms with E-state index in [1.807, 2.05) is 18.2 Å². The van der Waals surface area contributed by atoms with Crippen LogP contribution in [0.3, 0.4) is 0 Å². The maximum atomic E-state index is 11.6. The Hall–Kier alpha value is -1.83. The van der Waals surface area contributed by atoms with Gasteiger partial charge in [-0.2, -0.15) is 0 Å². The molecule has 1 rings (SSSR count). The minimum absolute atomic E-state index is 0.242. The molecule has 108 valence electrons. The quantitative estimate of drug-likeness (QED) is 0.362. The molecule has 1 aromatic carbocycles. The van der Waals surface area contributed by atoms with E-state index in [4.69, 9.17) is 4.74 Å². The number of allylic oxidation sites excluding steroid dienone is 4. The first-order valence-electron chi connectivity index (χ1n) is 7.38. The van der Waals surface area contributed by atoms with Gasteiger partial charge in [0.1, 0.15) is 0 Å². The van der Waals surface area contributed by atoms with Gasteiger partial charge in [-0.05, 0) is 31.4 Å². The molecule has 0 aliphatic carbocycles. The number of carbonyl (C=O) groups is 1.